The summed E-state index contributed by atoms with van der Waals surface area (Å²) in [7, 11) is 3.25. The van der Waals surface area contributed by atoms with Gasteiger partial charge in [0, 0.05) is 24.8 Å². The van der Waals surface area contributed by atoms with Crippen molar-refractivity contribution in [3.8, 4) is 11.5 Å². The van der Waals surface area contributed by atoms with Crippen molar-refractivity contribution in [3.05, 3.63) is 17.2 Å². The number of methoxy groups -OCH3 is 2. The van der Waals surface area contributed by atoms with Gasteiger partial charge in [-0.25, -0.2) is 0 Å². The molecule has 4 nitrogen and oxygen atoms in total. The second-order valence-electron chi connectivity index (χ2n) is 5.67. The predicted molar refractivity (Wildman–Crippen MR) is 85.8 cm³/mol. The Labute approximate surface area is 131 Å². The molecule has 1 N–H and O–H groups in total. The Morgan fingerprint density at radius 1 is 1.33 bits per heavy atom. The molecule has 1 aliphatic heterocycles. The van der Waals surface area contributed by atoms with Gasteiger partial charge in [-0.1, -0.05) is 18.5 Å². The highest BCUT2D eigenvalue weighted by Gasteiger charge is 2.32. The third-order valence-corrected chi connectivity index (χ3v) is 4.47. The molecule has 1 saturated heterocycles. The number of rotatable bonds is 5. The first kappa shape index (κ1) is 16.2. The highest BCUT2D eigenvalue weighted by atomic mass is 35.5. The van der Waals surface area contributed by atoms with Gasteiger partial charge in [0.15, 0.2) is 0 Å². The average Bonchev–Trinajstić information content (AvgIpc) is 2.48. The molecular weight excluding hydrogens is 290 g/mol. The van der Waals surface area contributed by atoms with Crippen LogP contribution in [0.1, 0.15) is 33.1 Å². The van der Waals surface area contributed by atoms with E-state index in [1.165, 1.54) is 0 Å². The molecule has 2 atom stereocenters. The number of nitrogens with one attached hydrogen (secondary N) is 1. The summed E-state index contributed by atoms with van der Waals surface area (Å²) < 4.78 is 16.6. The van der Waals surface area contributed by atoms with Crippen molar-refractivity contribution in [2.45, 2.75) is 44.8 Å². The Morgan fingerprint density at radius 3 is 2.67 bits per heavy atom. The van der Waals surface area contributed by atoms with Crippen LogP contribution in [0.4, 0.5) is 5.69 Å². The molecule has 1 aliphatic rings. The Hall–Kier alpha value is -1.13. The van der Waals surface area contributed by atoms with Gasteiger partial charge in [-0.3, -0.25) is 0 Å². The number of benzene rings is 1. The lowest BCUT2D eigenvalue weighted by Gasteiger charge is -2.38. The van der Waals surface area contributed by atoms with E-state index in [9.17, 15) is 0 Å². The van der Waals surface area contributed by atoms with Crippen LogP contribution < -0.4 is 14.8 Å². The van der Waals surface area contributed by atoms with E-state index in [0.717, 1.165) is 37.3 Å². The molecule has 2 unspecified atom stereocenters. The number of hydrogen-bond acceptors (Lipinski definition) is 4. The Bertz CT molecular complexity index is 495. The molecule has 0 aliphatic carbocycles. The normalized spacial score (nSPS) is 25.5. The van der Waals surface area contributed by atoms with E-state index in [-0.39, 0.29) is 5.60 Å². The van der Waals surface area contributed by atoms with Crippen molar-refractivity contribution < 1.29 is 14.2 Å². The van der Waals surface area contributed by atoms with Crippen LogP contribution in [0.15, 0.2) is 12.1 Å². The van der Waals surface area contributed by atoms with E-state index in [1.807, 2.05) is 6.07 Å². The lowest BCUT2D eigenvalue weighted by atomic mass is 9.90. The van der Waals surface area contributed by atoms with Crippen LogP contribution in [0.5, 0.6) is 11.5 Å². The minimum atomic E-state index is -0.0559. The van der Waals surface area contributed by atoms with Crippen molar-refractivity contribution >= 4 is 17.3 Å². The number of ether oxygens (including phenoxy) is 3. The standard InChI is InChI=1S/C16H24ClNO3/c1-5-16(2)10-11(6-7-21-16)18-13-9-14(19-3)12(17)8-15(13)20-4/h8-9,11,18H,5-7,10H2,1-4H3. The molecule has 21 heavy (non-hydrogen) atoms. The number of hydrogen-bond donors (Lipinski definition) is 1. The zero-order valence-electron chi connectivity index (χ0n) is 13.2. The molecule has 1 aromatic carbocycles. The lowest BCUT2D eigenvalue weighted by molar-refractivity contribution is -0.0709. The molecule has 0 radical (unpaired) electrons. The second-order valence-corrected chi connectivity index (χ2v) is 6.08. The number of halogens is 1. The average molecular weight is 314 g/mol. The maximum Gasteiger partial charge on any atom is 0.143 e. The summed E-state index contributed by atoms with van der Waals surface area (Å²) in [4.78, 5) is 0. The maximum absolute atomic E-state index is 6.14. The molecule has 1 heterocycles. The first-order chi connectivity index (χ1) is 10.0. The van der Waals surface area contributed by atoms with Crippen molar-refractivity contribution in [2.24, 2.45) is 0 Å². The topological polar surface area (TPSA) is 39.7 Å². The second kappa shape index (κ2) is 6.75. The van der Waals surface area contributed by atoms with Gasteiger partial charge in [0.2, 0.25) is 0 Å². The van der Waals surface area contributed by atoms with Crippen LogP contribution in [0, 0.1) is 0 Å². The molecule has 0 bridgehead atoms. The van der Waals surface area contributed by atoms with E-state index in [2.05, 4.69) is 19.2 Å². The summed E-state index contributed by atoms with van der Waals surface area (Å²) in [6, 6.07) is 4.02. The van der Waals surface area contributed by atoms with Crippen LogP contribution in [0.25, 0.3) is 0 Å². The quantitative estimate of drug-likeness (QED) is 0.887. The SMILES string of the molecule is CCC1(C)CC(Nc2cc(OC)c(Cl)cc2OC)CCO1. The molecule has 118 valence electrons. The van der Waals surface area contributed by atoms with Crippen molar-refractivity contribution in [1.29, 1.82) is 0 Å². The summed E-state index contributed by atoms with van der Waals surface area (Å²) in [6.45, 7) is 5.10. The minimum absolute atomic E-state index is 0.0559. The summed E-state index contributed by atoms with van der Waals surface area (Å²) in [5, 5.41) is 4.09. The molecule has 0 aromatic heterocycles. The van der Waals surface area contributed by atoms with Crippen molar-refractivity contribution in [1.82, 2.24) is 0 Å². The van der Waals surface area contributed by atoms with Crippen LogP contribution in [0.2, 0.25) is 5.02 Å². The molecule has 1 aromatic rings. The molecule has 0 amide bonds. The summed E-state index contributed by atoms with van der Waals surface area (Å²) in [5.74, 6) is 1.37. The van der Waals surface area contributed by atoms with E-state index in [1.54, 1.807) is 20.3 Å². The van der Waals surface area contributed by atoms with Gasteiger partial charge in [-0.2, -0.15) is 0 Å². The van der Waals surface area contributed by atoms with E-state index < -0.39 is 0 Å². The van der Waals surface area contributed by atoms with E-state index in [4.69, 9.17) is 25.8 Å². The maximum atomic E-state index is 6.14. The zero-order valence-corrected chi connectivity index (χ0v) is 13.9. The predicted octanol–water partition coefficient (Wildman–Crippen LogP) is 4.12. The van der Waals surface area contributed by atoms with E-state index >= 15 is 0 Å². The summed E-state index contributed by atoms with van der Waals surface area (Å²) >= 11 is 6.14. The van der Waals surface area contributed by atoms with Gasteiger partial charge in [0.1, 0.15) is 11.5 Å². The van der Waals surface area contributed by atoms with Gasteiger partial charge < -0.3 is 19.5 Å². The van der Waals surface area contributed by atoms with Crippen LogP contribution in [0.3, 0.4) is 0 Å². The summed E-state index contributed by atoms with van der Waals surface area (Å²) in [5.41, 5.74) is 0.851. The fourth-order valence-electron chi connectivity index (χ4n) is 2.69. The monoisotopic (exact) mass is 313 g/mol. The van der Waals surface area contributed by atoms with Crippen LogP contribution >= 0.6 is 11.6 Å². The first-order valence-electron chi connectivity index (χ1n) is 7.33. The van der Waals surface area contributed by atoms with Gasteiger partial charge in [0.05, 0.1) is 30.5 Å². The Kier molecular flexibility index (Phi) is 5.22. The first-order valence-corrected chi connectivity index (χ1v) is 7.71. The fraction of sp³-hybridized carbons (Fsp3) is 0.625. The zero-order chi connectivity index (χ0) is 15.5. The fourth-order valence-corrected chi connectivity index (χ4v) is 2.92. The van der Waals surface area contributed by atoms with Gasteiger partial charge in [-0.05, 0) is 26.2 Å². The largest absolute Gasteiger partial charge is 0.495 e. The molecule has 2 rings (SSSR count). The highest BCUT2D eigenvalue weighted by Crippen LogP contribution is 2.38. The summed E-state index contributed by atoms with van der Waals surface area (Å²) in [6.07, 6.45) is 2.95. The molecular formula is C16H24ClNO3. The van der Waals surface area contributed by atoms with E-state index in [0.29, 0.717) is 16.8 Å². The number of anilines is 1. The Morgan fingerprint density at radius 2 is 2.05 bits per heavy atom. The van der Waals surface area contributed by atoms with Crippen LogP contribution in [-0.2, 0) is 4.74 Å². The molecule has 1 fully saturated rings. The smallest absolute Gasteiger partial charge is 0.143 e. The Balaban J connectivity index is 2.18. The lowest BCUT2D eigenvalue weighted by Crippen LogP contribution is -2.41. The molecule has 0 spiro atoms. The highest BCUT2D eigenvalue weighted by molar-refractivity contribution is 6.32. The van der Waals surface area contributed by atoms with Crippen molar-refractivity contribution in [2.75, 3.05) is 26.1 Å². The van der Waals surface area contributed by atoms with Gasteiger partial charge >= 0.3 is 0 Å². The third-order valence-electron chi connectivity index (χ3n) is 4.18. The minimum Gasteiger partial charge on any atom is -0.495 e. The molecule has 5 heteroatoms. The third kappa shape index (κ3) is 3.74. The van der Waals surface area contributed by atoms with Gasteiger partial charge in [0.25, 0.3) is 0 Å². The van der Waals surface area contributed by atoms with Crippen LogP contribution in [-0.4, -0.2) is 32.5 Å². The van der Waals surface area contributed by atoms with Gasteiger partial charge in [-0.15, -0.1) is 0 Å². The molecule has 0 saturated carbocycles. The van der Waals surface area contributed by atoms with Crippen molar-refractivity contribution in [3.63, 3.8) is 0 Å².